The van der Waals surface area contributed by atoms with Gasteiger partial charge in [-0.05, 0) is 77.8 Å². The Morgan fingerprint density at radius 3 is 2.31 bits per heavy atom. The van der Waals surface area contributed by atoms with Gasteiger partial charge in [0.2, 0.25) is 0 Å². The number of aryl methyl sites for hydroxylation is 1. The number of fused-ring (bicyclic) bond motifs is 1. The molecule has 0 saturated carbocycles. The highest BCUT2D eigenvalue weighted by Crippen LogP contribution is 2.46. The first-order chi connectivity index (χ1) is 13.6. The van der Waals surface area contributed by atoms with Gasteiger partial charge in [0, 0.05) is 11.6 Å². The van der Waals surface area contributed by atoms with Crippen molar-refractivity contribution in [1.29, 1.82) is 0 Å². The van der Waals surface area contributed by atoms with Gasteiger partial charge in [0.1, 0.15) is 0 Å². The number of unbranched alkanes of at least 4 members (excludes halogenated alkanes) is 2. The fourth-order valence-electron chi connectivity index (χ4n) is 4.08. The summed E-state index contributed by atoms with van der Waals surface area (Å²) in [5, 5.41) is 8.82. The van der Waals surface area contributed by atoms with Gasteiger partial charge < -0.3 is 5.11 Å². The van der Waals surface area contributed by atoms with Gasteiger partial charge >= 0.3 is 5.97 Å². The molecule has 0 bridgehead atoms. The molecule has 29 heavy (non-hydrogen) atoms. The lowest BCUT2D eigenvalue weighted by atomic mass is 9.62. The average molecular weight is 393 g/mol. The summed E-state index contributed by atoms with van der Waals surface area (Å²) in [5.41, 5.74) is 6.44. The summed E-state index contributed by atoms with van der Waals surface area (Å²) >= 11 is 0. The topological polar surface area (TPSA) is 37.3 Å². The molecule has 1 aromatic rings. The van der Waals surface area contributed by atoms with Gasteiger partial charge in [-0.3, -0.25) is 0 Å². The fraction of sp³-hybridized carbons (Fsp3) is 0.519. The summed E-state index contributed by atoms with van der Waals surface area (Å²) in [6, 6.07) is 4.76. The third-order valence-corrected chi connectivity index (χ3v) is 6.11. The highest BCUT2D eigenvalue weighted by atomic mass is 16.4. The minimum Gasteiger partial charge on any atom is -0.478 e. The maximum absolute atomic E-state index is 10.7. The van der Waals surface area contributed by atoms with Crippen molar-refractivity contribution in [1.82, 2.24) is 0 Å². The van der Waals surface area contributed by atoms with Crippen LogP contribution in [0.3, 0.4) is 0 Å². The zero-order valence-corrected chi connectivity index (χ0v) is 19.0. The lowest BCUT2D eigenvalue weighted by Gasteiger charge is -2.42. The molecular weight excluding hydrogens is 356 g/mol. The smallest absolute Gasteiger partial charge is 0.328 e. The summed E-state index contributed by atoms with van der Waals surface area (Å²) < 4.78 is 0. The Bertz CT molecular complexity index is 870. The van der Waals surface area contributed by atoms with Gasteiger partial charge in [0.05, 0.1) is 0 Å². The number of allylic oxidation sites excluding steroid dienone is 3. The number of hydrogen-bond acceptors (Lipinski definition) is 1. The Balaban J connectivity index is 2.46. The quantitative estimate of drug-likeness (QED) is 0.253. The zero-order chi connectivity index (χ0) is 21.7. The lowest BCUT2D eigenvalue weighted by molar-refractivity contribution is -0.131. The van der Waals surface area contributed by atoms with Crippen LogP contribution in [0, 0.1) is 11.8 Å². The second-order valence-corrected chi connectivity index (χ2v) is 9.61. The number of aliphatic carboxylic acids is 1. The molecule has 0 aliphatic heterocycles. The van der Waals surface area contributed by atoms with Crippen molar-refractivity contribution in [2.24, 2.45) is 0 Å². The molecule has 0 spiro atoms. The molecule has 0 unspecified atom stereocenters. The third-order valence-electron chi connectivity index (χ3n) is 6.11. The van der Waals surface area contributed by atoms with E-state index in [0.29, 0.717) is 5.57 Å². The third kappa shape index (κ3) is 6.10. The van der Waals surface area contributed by atoms with Crippen molar-refractivity contribution in [3.8, 4) is 11.8 Å². The summed E-state index contributed by atoms with van der Waals surface area (Å²) in [7, 11) is 0. The maximum atomic E-state index is 10.7. The van der Waals surface area contributed by atoms with Crippen molar-refractivity contribution in [2.45, 2.75) is 90.9 Å². The van der Waals surface area contributed by atoms with Gasteiger partial charge in [0.15, 0.2) is 0 Å². The maximum Gasteiger partial charge on any atom is 0.328 e. The molecule has 0 aromatic heterocycles. The number of carbonyl (C=O) groups is 1. The number of carboxylic acid groups (broad SMARTS) is 1. The molecule has 2 nitrogen and oxygen atoms in total. The fourth-order valence-corrected chi connectivity index (χ4v) is 4.08. The molecule has 1 aromatic carbocycles. The Labute approximate surface area is 177 Å². The Hall–Kier alpha value is -2.27. The van der Waals surface area contributed by atoms with Crippen molar-refractivity contribution in [3.63, 3.8) is 0 Å². The predicted molar refractivity (Wildman–Crippen MR) is 122 cm³/mol. The second kappa shape index (κ2) is 9.49. The van der Waals surface area contributed by atoms with E-state index in [-0.39, 0.29) is 10.8 Å². The first kappa shape index (κ1) is 23.0. The van der Waals surface area contributed by atoms with E-state index in [1.165, 1.54) is 54.9 Å². The van der Waals surface area contributed by atoms with Crippen LogP contribution in [0.1, 0.15) is 95.9 Å². The number of carboxylic acids is 1. The number of hydrogen-bond donors (Lipinski definition) is 1. The molecule has 2 heteroatoms. The van der Waals surface area contributed by atoms with Gasteiger partial charge in [-0.1, -0.05) is 71.4 Å². The molecule has 0 atom stereocenters. The molecule has 156 valence electrons. The summed E-state index contributed by atoms with van der Waals surface area (Å²) in [5.74, 6) is 5.55. The molecular formula is C27H36O2. The molecule has 2 rings (SSSR count). The highest BCUT2D eigenvalue weighted by molar-refractivity contribution is 5.81. The minimum atomic E-state index is -0.933. The zero-order valence-electron chi connectivity index (χ0n) is 19.0. The number of rotatable bonds is 6. The van der Waals surface area contributed by atoms with Crippen LogP contribution in [0.5, 0.6) is 0 Å². The van der Waals surface area contributed by atoms with Crippen LogP contribution < -0.4 is 0 Å². The molecule has 0 radical (unpaired) electrons. The van der Waals surface area contributed by atoms with Crippen molar-refractivity contribution >= 4 is 5.97 Å². The second-order valence-electron chi connectivity index (χ2n) is 9.61. The Morgan fingerprint density at radius 1 is 1.10 bits per heavy atom. The molecule has 1 aliphatic carbocycles. The summed E-state index contributed by atoms with van der Waals surface area (Å²) in [6.07, 6.45) is 11.8. The standard InChI is InChI=1S/C27H36O2/c1-7-8-9-13-21-18-23-24(27(5,6)16-15-26(23,3)4)19-22(21)14-11-10-12-20(2)17-25(28)29/h10,12,17-19H,7-9,13,15-16H2,1-6H3,(H,28,29)/b12-10+,20-17+. The van der Waals surface area contributed by atoms with Crippen LogP contribution in [-0.2, 0) is 22.0 Å². The van der Waals surface area contributed by atoms with E-state index in [1.54, 1.807) is 19.1 Å². The normalized spacial score (nSPS) is 17.5. The van der Waals surface area contributed by atoms with E-state index in [4.69, 9.17) is 5.11 Å². The van der Waals surface area contributed by atoms with Crippen LogP contribution in [0.15, 0.2) is 35.9 Å². The first-order valence-electron chi connectivity index (χ1n) is 10.8. The van der Waals surface area contributed by atoms with E-state index in [1.807, 2.05) is 0 Å². The number of benzene rings is 1. The van der Waals surface area contributed by atoms with Gasteiger partial charge in [-0.15, -0.1) is 0 Å². The molecule has 0 heterocycles. The molecule has 0 saturated heterocycles. The van der Waals surface area contributed by atoms with Crippen LogP contribution >= 0.6 is 0 Å². The van der Waals surface area contributed by atoms with E-state index >= 15 is 0 Å². The predicted octanol–water partition coefficient (Wildman–Crippen LogP) is 6.71. The van der Waals surface area contributed by atoms with Gasteiger partial charge in [-0.2, -0.15) is 0 Å². The van der Waals surface area contributed by atoms with E-state index in [0.717, 1.165) is 12.0 Å². The highest BCUT2D eigenvalue weighted by Gasteiger charge is 2.37. The monoisotopic (exact) mass is 392 g/mol. The van der Waals surface area contributed by atoms with Gasteiger partial charge in [-0.25, -0.2) is 4.79 Å². The van der Waals surface area contributed by atoms with E-state index < -0.39 is 5.97 Å². The van der Waals surface area contributed by atoms with Crippen LogP contribution in [0.25, 0.3) is 0 Å². The summed E-state index contributed by atoms with van der Waals surface area (Å²) in [6.45, 7) is 13.4. The molecule has 0 amide bonds. The van der Waals surface area contributed by atoms with E-state index in [9.17, 15) is 4.79 Å². The SMILES string of the molecule is CCCCCc1cc2c(cc1C#C/C=C/C(C)=C/C(=O)O)C(C)(C)CCC2(C)C. The van der Waals surface area contributed by atoms with Crippen molar-refractivity contribution in [2.75, 3.05) is 0 Å². The molecule has 0 fully saturated rings. The first-order valence-corrected chi connectivity index (χ1v) is 10.8. The van der Waals surface area contributed by atoms with Crippen molar-refractivity contribution in [3.05, 3.63) is 58.2 Å². The Kier molecular flexibility index (Phi) is 7.53. The van der Waals surface area contributed by atoms with Crippen LogP contribution in [0.4, 0.5) is 0 Å². The van der Waals surface area contributed by atoms with Crippen molar-refractivity contribution < 1.29 is 9.90 Å². The van der Waals surface area contributed by atoms with Crippen LogP contribution in [0.2, 0.25) is 0 Å². The molecule has 1 aliphatic rings. The molecule has 1 N–H and O–H groups in total. The minimum absolute atomic E-state index is 0.167. The summed E-state index contributed by atoms with van der Waals surface area (Å²) in [4.78, 5) is 10.7. The Morgan fingerprint density at radius 2 is 1.72 bits per heavy atom. The lowest BCUT2D eigenvalue weighted by Crippen LogP contribution is -2.34. The largest absolute Gasteiger partial charge is 0.478 e. The average Bonchev–Trinajstić information content (AvgIpc) is 2.62. The van der Waals surface area contributed by atoms with Crippen LogP contribution in [-0.4, -0.2) is 11.1 Å². The van der Waals surface area contributed by atoms with Gasteiger partial charge in [0.25, 0.3) is 0 Å². The van der Waals surface area contributed by atoms with E-state index in [2.05, 4.69) is 58.6 Å².